The molecule has 0 spiro atoms. The van der Waals surface area contributed by atoms with Gasteiger partial charge in [0.05, 0.1) is 12.4 Å². The van der Waals surface area contributed by atoms with Crippen molar-refractivity contribution >= 4 is 29.1 Å². The molecule has 1 amide bonds. The van der Waals surface area contributed by atoms with E-state index in [4.69, 9.17) is 4.74 Å². The number of nitrogens with zero attached hydrogens (tertiary/aromatic N) is 2. The normalized spacial score (nSPS) is 11.9. The van der Waals surface area contributed by atoms with Gasteiger partial charge >= 0.3 is 0 Å². The van der Waals surface area contributed by atoms with Crippen LogP contribution in [-0.4, -0.2) is 33.6 Å². The highest BCUT2D eigenvalue weighted by Crippen LogP contribution is 2.27. The minimum atomic E-state index is -0.319. The molecule has 1 aromatic heterocycles. The van der Waals surface area contributed by atoms with Crippen molar-refractivity contribution in [3.05, 3.63) is 66.5 Å². The summed E-state index contributed by atoms with van der Waals surface area (Å²) in [6.45, 7) is 5.54. The standard InChI is InChI=1S/C23H25N3O3S/c1-15(2)22(28)25-18-7-5-17(6-8-18)21(27)16(3)30-23-24-13-14-26(23)19-9-11-20(29-4)12-10-19/h5-16H,1-4H3,(H,25,28)/t16-/m1/s1. The lowest BCUT2D eigenvalue weighted by Gasteiger charge is -2.13. The Labute approximate surface area is 180 Å². The topological polar surface area (TPSA) is 73.2 Å². The molecule has 0 radical (unpaired) electrons. The second kappa shape index (κ2) is 9.63. The number of rotatable bonds is 8. The zero-order chi connectivity index (χ0) is 21.7. The van der Waals surface area contributed by atoms with Crippen molar-refractivity contribution in [1.29, 1.82) is 0 Å². The average molecular weight is 424 g/mol. The Morgan fingerprint density at radius 2 is 1.70 bits per heavy atom. The third-order valence-corrected chi connectivity index (χ3v) is 5.65. The van der Waals surface area contributed by atoms with Crippen molar-refractivity contribution in [3.63, 3.8) is 0 Å². The van der Waals surface area contributed by atoms with Crippen molar-refractivity contribution in [2.24, 2.45) is 5.92 Å². The van der Waals surface area contributed by atoms with Gasteiger partial charge in [0.2, 0.25) is 5.91 Å². The summed E-state index contributed by atoms with van der Waals surface area (Å²) in [6, 6.07) is 14.7. The summed E-state index contributed by atoms with van der Waals surface area (Å²) in [4.78, 5) is 29.1. The number of ether oxygens (including phenoxy) is 1. The van der Waals surface area contributed by atoms with Crippen LogP contribution in [0.15, 0.2) is 66.1 Å². The highest BCUT2D eigenvalue weighted by Gasteiger charge is 2.19. The second-order valence-electron chi connectivity index (χ2n) is 7.12. The van der Waals surface area contributed by atoms with Gasteiger partial charge < -0.3 is 10.1 Å². The molecule has 3 rings (SSSR count). The SMILES string of the molecule is COc1ccc(-n2ccnc2S[C@H](C)C(=O)c2ccc(NC(=O)C(C)C)cc2)cc1. The summed E-state index contributed by atoms with van der Waals surface area (Å²) in [6.07, 6.45) is 3.59. The molecule has 2 aromatic carbocycles. The lowest BCUT2D eigenvalue weighted by molar-refractivity contribution is -0.118. The minimum absolute atomic E-state index is 0.00557. The summed E-state index contributed by atoms with van der Waals surface area (Å²) in [7, 11) is 1.63. The van der Waals surface area contributed by atoms with Gasteiger partial charge in [0.1, 0.15) is 5.75 Å². The van der Waals surface area contributed by atoms with Crippen LogP contribution in [0.4, 0.5) is 5.69 Å². The zero-order valence-corrected chi connectivity index (χ0v) is 18.3. The molecule has 0 saturated heterocycles. The highest BCUT2D eigenvalue weighted by atomic mass is 32.2. The van der Waals surface area contributed by atoms with E-state index in [0.29, 0.717) is 11.3 Å². The number of carbonyl (C=O) groups is 2. The molecule has 0 bridgehead atoms. The highest BCUT2D eigenvalue weighted by molar-refractivity contribution is 8.00. The predicted octanol–water partition coefficient (Wildman–Crippen LogP) is 4.84. The molecule has 30 heavy (non-hydrogen) atoms. The fourth-order valence-electron chi connectivity index (χ4n) is 2.77. The number of ketones is 1. The van der Waals surface area contributed by atoms with Crippen LogP contribution in [0.1, 0.15) is 31.1 Å². The third kappa shape index (κ3) is 5.10. The summed E-state index contributed by atoms with van der Waals surface area (Å²) < 4.78 is 7.15. The van der Waals surface area contributed by atoms with Crippen LogP contribution in [0.5, 0.6) is 5.75 Å². The Hall–Kier alpha value is -3.06. The number of carbonyl (C=O) groups excluding carboxylic acids is 2. The quantitative estimate of drug-likeness (QED) is 0.415. The van der Waals surface area contributed by atoms with Gasteiger partial charge in [-0.2, -0.15) is 0 Å². The molecular formula is C23H25N3O3S. The van der Waals surface area contributed by atoms with Gasteiger partial charge in [-0.25, -0.2) is 4.98 Å². The number of hydrogen-bond acceptors (Lipinski definition) is 5. The lowest BCUT2D eigenvalue weighted by atomic mass is 10.1. The maximum absolute atomic E-state index is 12.9. The molecule has 1 N–H and O–H groups in total. The van der Waals surface area contributed by atoms with E-state index in [1.54, 1.807) is 37.6 Å². The van der Waals surface area contributed by atoms with Crippen molar-refractivity contribution in [2.45, 2.75) is 31.2 Å². The van der Waals surface area contributed by atoms with Crippen LogP contribution >= 0.6 is 11.8 Å². The molecule has 3 aromatic rings. The predicted molar refractivity (Wildman–Crippen MR) is 120 cm³/mol. The number of nitrogens with one attached hydrogen (secondary N) is 1. The van der Waals surface area contributed by atoms with Crippen LogP contribution < -0.4 is 10.1 Å². The van der Waals surface area contributed by atoms with E-state index in [0.717, 1.165) is 16.6 Å². The molecule has 0 fully saturated rings. The van der Waals surface area contributed by atoms with Gasteiger partial charge in [0, 0.05) is 35.2 Å². The molecule has 7 heteroatoms. The summed E-state index contributed by atoms with van der Waals surface area (Å²) >= 11 is 1.40. The summed E-state index contributed by atoms with van der Waals surface area (Å²) in [5.41, 5.74) is 2.22. The monoisotopic (exact) mass is 423 g/mol. The second-order valence-corrected chi connectivity index (χ2v) is 8.43. The molecular weight excluding hydrogens is 398 g/mol. The Morgan fingerprint density at radius 1 is 1.03 bits per heavy atom. The maximum Gasteiger partial charge on any atom is 0.226 e. The molecule has 0 saturated carbocycles. The van der Waals surface area contributed by atoms with E-state index in [1.807, 2.05) is 55.8 Å². The Morgan fingerprint density at radius 3 is 2.30 bits per heavy atom. The van der Waals surface area contributed by atoms with Gasteiger partial charge in [-0.1, -0.05) is 25.6 Å². The van der Waals surface area contributed by atoms with Crippen LogP contribution in [-0.2, 0) is 4.79 Å². The fraction of sp³-hybridized carbons (Fsp3) is 0.261. The van der Waals surface area contributed by atoms with Gasteiger partial charge in [-0.15, -0.1) is 0 Å². The number of hydrogen-bond donors (Lipinski definition) is 1. The Kier molecular flexibility index (Phi) is 6.95. The summed E-state index contributed by atoms with van der Waals surface area (Å²) in [5, 5.41) is 3.25. The molecule has 0 aliphatic rings. The van der Waals surface area contributed by atoms with E-state index in [9.17, 15) is 9.59 Å². The van der Waals surface area contributed by atoms with E-state index in [-0.39, 0.29) is 22.9 Å². The number of Topliss-reactive ketones (excluding diaryl/α,β-unsaturated/α-hetero) is 1. The van der Waals surface area contributed by atoms with Crippen LogP contribution in [0.3, 0.4) is 0 Å². The van der Waals surface area contributed by atoms with Crippen molar-refractivity contribution in [1.82, 2.24) is 9.55 Å². The van der Waals surface area contributed by atoms with Crippen molar-refractivity contribution < 1.29 is 14.3 Å². The fourth-order valence-corrected chi connectivity index (χ4v) is 3.73. The van der Waals surface area contributed by atoms with E-state index < -0.39 is 0 Å². The molecule has 1 atom stereocenters. The number of aromatic nitrogens is 2. The number of methoxy groups -OCH3 is 1. The van der Waals surface area contributed by atoms with Crippen molar-refractivity contribution in [3.8, 4) is 11.4 Å². The number of benzene rings is 2. The average Bonchev–Trinajstić information content (AvgIpc) is 3.21. The van der Waals surface area contributed by atoms with E-state index in [2.05, 4.69) is 10.3 Å². The van der Waals surface area contributed by atoms with Crippen LogP contribution in [0.25, 0.3) is 5.69 Å². The molecule has 6 nitrogen and oxygen atoms in total. The Bertz CT molecular complexity index is 1010. The van der Waals surface area contributed by atoms with E-state index in [1.165, 1.54) is 11.8 Å². The molecule has 0 unspecified atom stereocenters. The third-order valence-electron chi connectivity index (χ3n) is 4.57. The van der Waals surface area contributed by atoms with Gasteiger partial charge in [-0.3, -0.25) is 14.2 Å². The first-order valence-corrected chi connectivity index (χ1v) is 10.6. The minimum Gasteiger partial charge on any atom is -0.497 e. The largest absolute Gasteiger partial charge is 0.497 e. The first kappa shape index (κ1) is 21.6. The smallest absolute Gasteiger partial charge is 0.226 e. The molecule has 0 aliphatic heterocycles. The Balaban J connectivity index is 1.69. The number of amides is 1. The lowest BCUT2D eigenvalue weighted by Crippen LogP contribution is -2.18. The molecule has 156 valence electrons. The van der Waals surface area contributed by atoms with Crippen LogP contribution in [0, 0.1) is 5.92 Å². The van der Waals surface area contributed by atoms with Crippen molar-refractivity contribution in [2.75, 3.05) is 12.4 Å². The summed E-state index contributed by atoms with van der Waals surface area (Å²) in [5.74, 6) is 0.635. The zero-order valence-electron chi connectivity index (χ0n) is 17.5. The van der Waals surface area contributed by atoms with Crippen LogP contribution in [0.2, 0.25) is 0 Å². The maximum atomic E-state index is 12.9. The van der Waals surface area contributed by atoms with Gasteiger partial charge in [-0.05, 0) is 55.5 Å². The number of anilines is 1. The van der Waals surface area contributed by atoms with Gasteiger partial charge in [0.15, 0.2) is 10.9 Å². The van der Waals surface area contributed by atoms with E-state index >= 15 is 0 Å². The molecule has 1 heterocycles. The first-order chi connectivity index (χ1) is 14.4. The molecule has 0 aliphatic carbocycles. The van der Waals surface area contributed by atoms with Gasteiger partial charge in [0.25, 0.3) is 0 Å². The number of thioether (sulfide) groups is 1. The number of imidazole rings is 1. The first-order valence-electron chi connectivity index (χ1n) is 9.68.